The van der Waals surface area contributed by atoms with Gasteiger partial charge in [0.15, 0.2) is 11.6 Å². The molecule has 2 aromatic rings. The van der Waals surface area contributed by atoms with Crippen molar-refractivity contribution in [1.29, 1.82) is 0 Å². The molecule has 1 aliphatic rings. The highest BCUT2D eigenvalue weighted by atomic mass is 19.2. The standard InChI is InChI=1S/C19H19F3.C2H6/c1-12-2-4-13(5-3-12)14-6-8-16(18(21)10-14)15-7-9-17(20)19(22)11-15;1-2/h6-13H,2-5H2,1H3;1-2H3. The Morgan fingerprint density at radius 2 is 1.42 bits per heavy atom. The Morgan fingerprint density at radius 3 is 2.00 bits per heavy atom. The molecule has 0 amide bonds. The minimum atomic E-state index is -0.956. The van der Waals surface area contributed by atoms with Crippen LogP contribution in [0.2, 0.25) is 0 Å². The monoisotopic (exact) mass is 334 g/mol. The van der Waals surface area contributed by atoms with E-state index in [1.165, 1.54) is 18.9 Å². The van der Waals surface area contributed by atoms with Crippen LogP contribution in [0.4, 0.5) is 13.2 Å². The van der Waals surface area contributed by atoms with Gasteiger partial charge in [-0.05, 0) is 54.0 Å². The molecule has 0 radical (unpaired) electrons. The van der Waals surface area contributed by atoms with Gasteiger partial charge in [0.05, 0.1) is 0 Å². The van der Waals surface area contributed by atoms with Gasteiger partial charge in [-0.2, -0.15) is 0 Å². The molecule has 0 spiro atoms. The summed E-state index contributed by atoms with van der Waals surface area (Å²) in [5, 5.41) is 0. The van der Waals surface area contributed by atoms with Gasteiger partial charge in [0.2, 0.25) is 0 Å². The molecular formula is C21H25F3. The van der Waals surface area contributed by atoms with Crippen LogP contribution in [0.1, 0.15) is 57.9 Å². The Hall–Kier alpha value is -1.77. The second-order valence-electron chi connectivity index (χ2n) is 6.32. The van der Waals surface area contributed by atoms with Crippen molar-refractivity contribution in [3.63, 3.8) is 0 Å². The lowest BCUT2D eigenvalue weighted by atomic mass is 9.79. The lowest BCUT2D eigenvalue weighted by molar-refractivity contribution is 0.347. The van der Waals surface area contributed by atoms with E-state index in [0.717, 1.165) is 36.5 Å². The highest BCUT2D eigenvalue weighted by Gasteiger charge is 2.20. The first kappa shape index (κ1) is 18.6. The van der Waals surface area contributed by atoms with Crippen LogP contribution in [0.15, 0.2) is 36.4 Å². The summed E-state index contributed by atoms with van der Waals surface area (Å²) >= 11 is 0. The van der Waals surface area contributed by atoms with Gasteiger partial charge in [-0.1, -0.05) is 51.8 Å². The first-order valence-corrected chi connectivity index (χ1v) is 8.79. The predicted molar refractivity (Wildman–Crippen MR) is 93.5 cm³/mol. The van der Waals surface area contributed by atoms with E-state index in [4.69, 9.17) is 0 Å². The zero-order chi connectivity index (χ0) is 17.7. The molecule has 24 heavy (non-hydrogen) atoms. The molecule has 1 saturated carbocycles. The van der Waals surface area contributed by atoms with Gasteiger partial charge >= 0.3 is 0 Å². The van der Waals surface area contributed by atoms with Crippen LogP contribution >= 0.6 is 0 Å². The van der Waals surface area contributed by atoms with E-state index >= 15 is 0 Å². The summed E-state index contributed by atoms with van der Waals surface area (Å²) in [6.07, 6.45) is 4.53. The molecule has 0 N–H and O–H groups in total. The van der Waals surface area contributed by atoms with Crippen molar-refractivity contribution in [2.24, 2.45) is 5.92 Å². The molecule has 0 heterocycles. The van der Waals surface area contributed by atoms with Gasteiger partial charge in [-0.15, -0.1) is 0 Å². The Kier molecular flexibility index (Phi) is 6.47. The first-order chi connectivity index (χ1) is 11.5. The van der Waals surface area contributed by atoms with E-state index in [-0.39, 0.29) is 5.82 Å². The van der Waals surface area contributed by atoms with Crippen LogP contribution in [0.3, 0.4) is 0 Å². The van der Waals surface area contributed by atoms with Crippen molar-refractivity contribution >= 4 is 0 Å². The third kappa shape index (κ3) is 4.19. The van der Waals surface area contributed by atoms with E-state index in [0.29, 0.717) is 17.0 Å². The Bertz CT molecular complexity index is 671. The Morgan fingerprint density at radius 1 is 0.750 bits per heavy atom. The molecule has 0 saturated heterocycles. The van der Waals surface area contributed by atoms with Gasteiger partial charge in [0, 0.05) is 5.56 Å². The van der Waals surface area contributed by atoms with Crippen LogP contribution in [0.25, 0.3) is 11.1 Å². The summed E-state index contributed by atoms with van der Waals surface area (Å²) in [6.45, 7) is 6.25. The van der Waals surface area contributed by atoms with Crippen molar-refractivity contribution in [2.45, 2.75) is 52.4 Å². The minimum absolute atomic E-state index is 0.312. The summed E-state index contributed by atoms with van der Waals surface area (Å²) in [5.74, 6) is -1.09. The highest BCUT2D eigenvalue weighted by Crippen LogP contribution is 2.37. The number of halogens is 3. The summed E-state index contributed by atoms with van der Waals surface area (Å²) in [5.41, 5.74) is 1.68. The summed E-state index contributed by atoms with van der Waals surface area (Å²) in [7, 11) is 0. The van der Waals surface area contributed by atoms with Gasteiger partial charge in [-0.3, -0.25) is 0 Å². The third-order valence-corrected chi connectivity index (χ3v) is 4.71. The van der Waals surface area contributed by atoms with Crippen molar-refractivity contribution in [1.82, 2.24) is 0 Å². The average molecular weight is 334 g/mol. The van der Waals surface area contributed by atoms with Gasteiger partial charge in [-0.25, -0.2) is 13.2 Å². The topological polar surface area (TPSA) is 0 Å². The van der Waals surface area contributed by atoms with Crippen molar-refractivity contribution in [2.75, 3.05) is 0 Å². The maximum absolute atomic E-state index is 14.4. The molecule has 3 heteroatoms. The summed E-state index contributed by atoms with van der Waals surface area (Å²) < 4.78 is 40.7. The van der Waals surface area contributed by atoms with Gasteiger partial charge in [0.1, 0.15) is 5.82 Å². The fourth-order valence-electron chi connectivity index (χ4n) is 3.28. The number of hydrogen-bond acceptors (Lipinski definition) is 0. The second-order valence-corrected chi connectivity index (χ2v) is 6.32. The maximum atomic E-state index is 14.4. The van der Waals surface area contributed by atoms with Crippen LogP contribution in [0.5, 0.6) is 0 Å². The zero-order valence-corrected chi connectivity index (χ0v) is 14.6. The lowest BCUT2D eigenvalue weighted by Crippen LogP contribution is -2.11. The number of hydrogen-bond donors (Lipinski definition) is 0. The van der Waals surface area contributed by atoms with E-state index in [2.05, 4.69) is 6.92 Å². The highest BCUT2D eigenvalue weighted by molar-refractivity contribution is 5.64. The molecule has 1 fully saturated rings. The molecule has 3 rings (SSSR count). The molecular weight excluding hydrogens is 309 g/mol. The average Bonchev–Trinajstić information content (AvgIpc) is 2.60. The van der Waals surface area contributed by atoms with Crippen molar-refractivity contribution in [3.05, 3.63) is 59.4 Å². The van der Waals surface area contributed by atoms with Gasteiger partial charge in [0.25, 0.3) is 0 Å². The molecule has 0 atom stereocenters. The van der Waals surface area contributed by atoms with Gasteiger partial charge < -0.3 is 0 Å². The van der Waals surface area contributed by atoms with E-state index < -0.39 is 11.6 Å². The first-order valence-electron chi connectivity index (χ1n) is 8.79. The Balaban J connectivity index is 0.00000100. The largest absolute Gasteiger partial charge is 0.206 e. The molecule has 0 bridgehead atoms. The normalized spacial score (nSPS) is 20.2. The number of rotatable bonds is 2. The van der Waals surface area contributed by atoms with Crippen LogP contribution in [0, 0.1) is 23.4 Å². The fraction of sp³-hybridized carbons (Fsp3) is 0.429. The molecule has 0 aliphatic heterocycles. The number of benzene rings is 2. The molecule has 1 aliphatic carbocycles. The fourth-order valence-corrected chi connectivity index (χ4v) is 3.28. The Labute approximate surface area is 142 Å². The summed E-state index contributed by atoms with van der Waals surface area (Å²) in [4.78, 5) is 0. The van der Waals surface area contributed by atoms with Crippen molar-refractivity contribution in [3.8, 4) is 11.1 Å². The van der Waals surface area contributed by atoms with Crippen LogP contribution in [-0.4, -0.2) is 0 Å². The lowest BCUT2D eigenvalue weighted by Gasteiger charge is -2.26. The third-order valence-electron chi connectivity index (χ3n) is 4.71. The van der Waals surface area contributed by atoms with E-state index in [1.54, 1.807) is 12.1 Å². The zero-order valence-electron chi connectivity index (χ0n) is 14.6. The minimum Gasteiger partial charge on any atom is -0.206 e. The molecule has 130 valence electrons. The van der Waals surface area contributed by atoms with Crippen LogP contribution in [-0.2, 0) is 0 Å². The SMILES string of the molecule is CC.CC1CCC(c2ccc(-c3ccc(F)c(F)c3)c(F)c2)CC1. The molecule has 0 unspecified atom stereocenters. The molecule has 0 nitrogen and oxygen atoms in total. The van der Waals surface area contributed by atoms with E-state index in [9.17, 15) is 13.2 Å². The van der Waals surface area contributed by atoms with Crippen molar-refractivity contribution < 1.29 is 13.2 Å². The predicted octanol–water partition coefficient (Wildman–Crippen LogP) is 7.09. The smallest absolute Gasteiger partial charge is 0.159 e. The summed E-state index contributed by atoms with van der Waals surface area (Å²) in [6, 6.07) is 8.61. The second kappa shape index (κ2) is 8.36. The van der Waals surface area contributed by atoms with Crippen LogP contribution < -0.4 is 0 Å². The van der Waals surface area contributed by atoms with E-state index in [1.807, 2.05) is 19.9 Å². The molecule has 0 aromatic heterocycles. The quantitative estimate of drug-likeness (QED) is 0.550. The maximum Gasteiger partial charge on any atom is 0.159 e. The molecule has 2 aromatic carbocycles.